The summed E-state index contributed by atoms with van der Waals surface area (Å²) in [6.45, 7) is 1.03. The van der Waals surface area contributed by atoms with Gasteiger partial charge in [-0.3, -0.25) is 4.79 Å². The molecule has 0 aliphatic carbocycles. The van der Waals surface area contributed by atoms with Crippen LogP contribution < -0.4 is 10.6 Å². The first-order valence-electron chi connectivity index (χ1n) is 5.12. The second-order valence-electron chi connectivity index (χ2n) is 3.73. The number of nitrogens with one attached hydrogen (secondary N) is 2. The van der Waals surface area contributed by atoms with Crippen LogP contribution in [0.3, 0.4) is 0 Å². The van der Waals surface area contributed by atoms with Crippen molar-refractivity contribution in [3.63, 3.8) is 0 Å². The van der Waals surface area contributed by atoms with Crippen molar-refractivity contribution in [2.75, 3.05) is 6.54 Å². The molecule has 2 N–H and O–H groups in total. The van der Waals surface area contributed by atoms with E-state index in [0.29, 0.717) is 5.56 Å². The Morgan fingerprint density at radius 1 is 1.62 bits per heavy atom. The van der Waals surface area contributed by atoms with Crippen LogP contribution in [0.5, 0.6) is 0 Å². The van der Waals surface area contributed by atoms with E-state index in [2.05, 4.69) is 10.6 Å². The standard InChI is InChI=1S/C11H12ClFN2O/c12-8-3-1-2-7(10(8)13)6-15-11(16)9-4-5-14-9/h1-3,9,14H,4-6H2,(H,15,16)/t9-/m0/s1. The Morgan fingerprint density at radius 3 is 3.00 bits per heavy atom. The van der Waals surface area contributed by atoms with Gasteiger partial charge >= 0.3 is 0 Å². The third kappa shape index (κ3) is 2.33. The fourth-order valence-corrected chi connectivity index (χ4v) is 1.70. The normalized spacial score (nSPS) is 19.0. The molecule has 86 valence electrons. The van der Waals surface area contributed by atoms with E-state index in [1.165, 1.54) is 6.07 Å². The lowest BCUT2D eigenvalue weighted by molar-refractivity contribution is -0.124. The van der Waals surface area contributed by atoms with Gasteiger partial charge in [-0.25, -0.2) is 4.39 Å². The Labute approximate surface area is 98.0 Å². The number of carbonyl (C=O) groups is 1. The average Bonchev–Trinajstić information content (AvgIpc) is 2.18. The number of rotatable bonds is 3. The zero-order valence-corrected chi connectivity index (χ0v) is 9.35. The van der Waals surface area contributed by atoms with E-state index in [1.54, 1.807) is 12.1 Å². The van der Waals surface area contributed by atoms with Crippen molar-refractivity contribution in [2.45, 2.75) is 19.0 Å². The predicted molar refractivity (Wildman–Crippen MR) is 59.7 cm³/mol. The van der Waals surface area contributed by atoms with E-state index < -0.39 is 5.82 Å². The zero-order valence-electron chi connectivity index (χ0n) is 8.59. The first-order valence-corrected chi connectivity index (χ1v) is 5.50. The third-order valence-corrected chi connectivity index (χ3v) is 2.92. The van der Waals surface area contributed by atoms with E-state index in [4.69, 9.17) is 11.6 Å². The molecule has 1 saturated heterocycles. The van der Waals surface area contributed by atoms with Crippen LogP contribution in [0.4, 0.5) is 4.39 Å². The van der Waals surface area contributed by atoms with Crippen LogP contribution in [0.2, 0.25) is 5.02 Å². The summed E-state index contributed by atoms with van der Waals surface area (Å²) in [5.74, 6) is -0.559. The quantitative estimate of drug-likeness (QED) is 0.843. The molecule has 0 unspecified atom stereocenters. The second kappa shape index (κ2) is 4.80. The molecule has 1 aliphatic heterocycles. The summed E-state index contributed by atoms with van der Waals surface area (Å²) >= 11 is 5.63. The Morgan fingerprint density at radius 2 is 2.38 bits per heavy atom. The minimum absolute atomic E-state index is 0.0773. The summed E-state index contributed by atoms with van der Waals surface area (Å²) in [6.07, 6.45) is 0.837. The molecule has 1 aromatic carbocycles. The molecule has 1 aliphatic rings. The van der Waals surface area contributed by atoms with Gasteiger partial charge in [0.25, 0.3) is 0 Å². The van der Waals surface area contributed by atoms with Crippen LogP contribution >= 0.6 is 11.6 Å². The molecule has 1 atom stereocenters. The summed E-state index contributed by atoms with van der Waals surface area (Å²) in [5, 5.41) is 5.72. The highest BCUT2D eigenvalue weighted by Crippen LogP contribution is 2.17. The van der Waals surface area contributed by atoms with Gasteiger partial charge in [0.1, 0.15) is 5.82 Å². The highest BCUT2D eigenvalue weighted by molar-refractivity contribution is 6.30. The van der Waals surface area contributed by atoms with E-state index >= 15 is 0 Å². The molecule has 1 heterocycles. The van der Waals surface area contributed by atoms with Crippen molar-refractivity contribution in [3.8, 4) is 0 Å². The van der Waals surface area contributed by atoms with Crippen molar-refractivity contribution in [3.05, 3.63) is 34.6 Å². The number of amides is 1. The van der Waals surface area contributed by atoms with Gasteiger partial charge in [0.2, 0.25) is 5.91 Å². The van der Waals surface area contributed by atoms with Crippen molar-refractivity contribution < 1.29 is 9.18 Å². The van der Waals surface area contributed by atoms with Gasteiger partial charge in [-0.1, -0.05) is 23.7 Å². The van der Waals surface area contributed by atoms with E-state index in [9.17, 15) is 9.18 Å². The smallest absolute Gasteiger partial charge is 0.237 e. The minimum Gasteiger partial charge on any atom is -0.351 e. The van der Waals surface area contributed by atoms with Crippen molar-refractivity contribution in [2.24, 2.45) is 0 Å². The molecular formula is C11H12ClFN2O. The molecule has 0 spiro atoms. The summed E-state index contributed by atoms with van der Waals surface area (Å²) in [4.78, 5) is 11.5. The van der Waals surface area contributed by atoms with Crippen LogP contribution in [0, 0.1) is 5.82 Å². The fourth-order valence-electron chi connectivity index (χ4n) is 1.50. The Bertz CT molecular complexity index is 407. The molecular weight excluding hydrogens is 231 g/mol. The summed E-state index contributed by atoms with van der Waals surface area (Å²) in [6, 6.07) is 4.63. The molecule has 2 rings (SSSR count). The highest BCUT2D eigenvalue weighted by atomic mass is 35.5. The Hall–Kier alpha value is -1.13. The maximum absolute atomic E-state index is 13.5. The first kappa shape index (κ1) is 11.4. The molecule has 0 saturated carbocycles. The van der Waals surface area contributed by atoms with Gasteiger partial charge in [-0.2, -0.15) is 0 Å². The van der Waals surface area contributed by atoms with Crippen molar-refractivity contribution in [1.82, 2.24) is 10.6 Å². The zero-order chi connectivity index (χ0) is 11.5. The molecule has 3 nitrogen and oxygen atoms in total. The highest BCUT2D eigenvalue weighted by Gasteiger charge is 2.24. The second-order valence-corrected chi connectivity index (χ2v) is 4.13. The van der Waals surface area contributed by atoms with Crippen LogP contribution in [-0.2, 0) is 11.3 Å². The number of hydrogen-bond donors (Lipinski definition) is 2. The van der Waals surface area contributed by atoms with Crippen LogP contribution in [0.1, 0.15) is 12.0 Å². The number of hydrogen-bond acceptors (Lipinski definition) is 2. The average molecular weight is 243 g/mol. The monoisotopic (exact) mass is 242 g/mol. The lowest BCUT2D eigenvalue weighted by Crippen LogP contribution is -2.53. The number of carbonyl (C=O) groups excluding carboxylic acids is 1. The lowest BCUT2D eigenvalue weighted by atomic mass is 10.1. The number of benzene rings is 1. The van der Waals surface area contributed by atoms with Gasteiger partial charge in [-0.15, -0.1) is 0 Å². The van der Waals surface area contributed by atoms with Gasteiger partial charge in [0.15, 0.2) is 0 Å². The lowest BCUT2D eigenvalue weighted by Gasteiger charge is -2.26. The van der Waals surface area contributed by atoms with Gasteiger partial charge < -0.3 is 10.6 Å². The molecule has 0 aromatic heterocycles. The van der Waals surface area contributed by atoms with Crippen LogP contribution in [0.25, 0.3) is 0 Å². The molecule has 5 heteroatoms. The minimum atomic E-state index is -0.467. The molecule has 0 bridgehead atoms. The number of halogens is 2. The van der Waals surface area contributed by atoms with E-state index in [0.717, 1.165) is 13.0 Å². The first-order chi connectivity index (χ1) is 7.68. The van der Waals surface area contributed by atoms with Crippen molar-refractivity contribution >= 4 is 17.5 Å². The van der Waals surface area contributed by atoms with E-state index in [-0.39, 0.29) is 23.5 Å². The molecule has 1 aromatic rings. The fraction of sp³-hybridized carbons (Fsp3) is 0.364. The maximum Gasteiger partial charge on any atom is 0.237 e. The van der Waals surface area contributed by atoms with Gasteiger partial charge in [0, 0.05) is 12.1 Å². The topological polar surface area (TPSA) is 41.1 Å². The summed E-state index contributed by atoms with van der Waals surface area (Å²) in [7, 11) is 0. The van der Waals surface area contributed by atoms with E-state index in [1.807, 2.05) is 0 Å². The molecule has 1 amide bonds. The molecule has 16 heavy (non-hydrogen) atoms. The predicted octanol–water partition coefficient (Wildman–Crippen LogP) is 1.46. The Kier molecular flexibility index (Phi) is 3.41. The Balaban J connectivity index is 1.93. The maximum atomic E-state index is 13.5. The molecule has 1 fully saturated rings. The summed E-state index contributed by atoms with van der Waals surface area (Å²) < 4.78 is 13.5. The van der Waals surface area contributed by atoms with Gasteiger partial charge in [-0.05, 0) is 19.0 Å². The van der Waals surface area contributed by atoms with Crippen molar-refractivity contribution in [1.29, 1.82) is 0 Å². The SMILES string of the molecule is O=C(NCc1cccc(Cl)c1F)[C@@H]1CCN1. The van der Waals surface area contributed by atoms with Crippen LogP contribution in [-0.4, -0.2) is 18.5 Å². The van der Waals surface area contributed by atoms with Crippen LogP contribution in [0.15, 0.2) is 18.2 Å². The summed E-state index contributed by atoms with van der Waals surface area (Å²) in [5.41, 5.74) is 0.403. The largest absolute Gasteiger partial charge is 0.351 e. The molecule has 0 radical (unpaired) electrons. The third-order valence-electron chi connectivity index (χ3n) is 2.62. The van der Waals surface area contributed by atoms with Gasteiger partial charge in [0.05, 0.1) is 11.1 Å².